The highest BCUT2D eigenvalue weighted by molar-refractivity contribution is 7.98. The zero-order valence-electron chi connectivity index (χ0n) is 18.8. The van der Waals surface area contributed by atoms with Gasteiger partial charge in [-0.3, -0.25) is 4.79 Å². The quantitative estimate of drug-likeness (QED) is 0.223. The first-order valence-electron chi connectivity index (χ1n) is 10.3. The normalized spacial score (nSPS) is 11.1. The van der Waals surface area contributed by atoms with Gasteiger partial charge in [-0.25, -0.2) is 10.1 Å². The van der Waals surface area contributed by atoms with Crippen LogP contribution < -0.4 is 16.1 Å². The average molecular weight is 478 g/mol. The molecule has 2 aromatic heterocycles. The second-order valence-corrected chi connectivity index (χ2v) is 8.61. The number of carbonyl (C=O) groups excluding carboxylic acids is 1. The van der Waals surface area contributed by atoms with E-state index in [0.29, 0.717) is 11.4 Å². The number of nitrogens with two attached hydrogens (primary N) is 1. The van der Waals surface area contributed by atoms with Crippen molar-refractivity contribution in [1.29, 1.82) is 0 Å². The Balaban J connectivity index is 1.53. The summed E-state index contributed by atoms with van der Waals surface area (Å²) in [6.45, 7) is 2.02. The SMILES string of the molecule is Cc1ccc(SCc2c(C(=O)N/N=C\c3ccc(N(C)C)cc3)nnn2-c2nonc2N)cc1. The summed E-state index contributed by atoms with van der Waals surface area (Å²) in [4.78, 5) is 15.9. The summed E-state index contributed by atoms with van der Waals surface area (Å²) in [5, 5.41) is 19.5. The molecule has 4 aromatic rings. The van der Waals surface area contributed by atoms with Gasteiger partial charge in [-0.15, -0.1) is 16.9 Å². The van der Waals surface area contributed by atoms with E-state index in [2.05, 4.69) is 35.8 Å². The molecule has 1 amide bonds. The Kier molecular flexibility index (Phi) is 6.87. The zero-order valence-corrected chi connectivity index (χ0v) is 19.7. The van der Waals surface area contributed by atoms with Crippen LogP contribution in [0, 0.1) is 6.92 Å². The predicted molar refractivity (Wildman–Crippen MR) is 130 cm³/mol. The smallest absolute Gasteiger partial charge is 0.293 e. The van der Waals surface area contributed by atoms with E-state index in [1.807, 2.05) is 74.4 Å². The number of aryl methyl sites for hydroxylation is 1. The Hall–Kier alpha value is -4.19. The number of hydrogen-bond acceptors (Lipinski definition) is 10. The lowest BCUT2D eigenvalue weighted by atomic mass is 10.2. The number of rotatable bonds is 8. The summed E-state index contributed by atoms with van der Waals surface area (Å²) in [5.74, 6) is 0.0657. The summed E-state index contributed by atoms with van der Waals surface area (Å²) in [5.41, 5.74) is 12.0. The maximum atomic E-state index is 12.9. The monoisotopic (exact) mass is 477 g/mol. The highest BCUT2D eigenvalue weighted by Crippen LogP contribution is 2.26. The van der Waals surface area contributed by atoms with Crippen molar-refractivity contribution in [2.45, 2.75) is 17.6 Å². The van der Waals surface area contributed by atoms with Gasteiger partial charge in [0.25, 0.3) is 5.91 Å². The topological polar surface area (TPSA) is 140 Å². The number of anilines is 2. The van der Waals surface area contributed by atoms with Crippen LogP contribution in [0.2, 0.25) is 0 Å². The van der Waals surface area contributed by atoms with Gasteiger partial charge in [-0.1, -0.05) is 35.0 Å². The molecule has 0 spiro atoms. The van der Waals surface area contributed by atoms with E-state index in [-0.39, 0.29) is 17.3 Å². The molecule has 12 heteroatoms. The van der Waals surface area contributed by atoms with Crippen molar-refractivity contribution < 1.29 is 9.42 Å². The van der Waals surface area contributed by atoms with Gasteiger partial charge >= 0.3 is 0 Å². The predicted octanol–water partition coefficient (Wildman–Crippen LogP) is 2.66. The van der Waals surface area contributed by atoms with Gasteiger partial charge in [0.15, 0.2) is 5.69 Å². The minimum absolute atomic E-state index is 0.0395. The van der Waals surface area contributed by atoms with Gasteiger partial charge < -0.3 is 10.6 Å². The van der Waals surface area contributed by atoms with Crippen molar-refractivity contribution >= 4 is 35.4 Å². The van der Waals surface area contributed by atoms with E-state index in [1.54, 1.807) is 6.21 Å². The largest absolute Gasteiger partial charge is 0.378 e. The number of aromatic nitrogens is 5. The number of nitrogens with zero attached hydrogens (tertiary/aromatic N) is 7. The maximum Gasteiger partial charge on any atom is 0.293 e. The first-order valence-corrected chi connectivity index (χ1v) is 11.2. The van der Waals surface area contributed by atoms with Crippen molar-refractivity contribution in [2.75, 3.05) is 24.7 Å². The summed E-state index contributed by atoms with van der Waals surface area (Å²) >= 11 is 1.52. The molecule has 0 unspecified atom stereocenters. The van der Waals surface area contributed by atoms with Crippen molar-refractivity contribution in [3.8, 4) is 5.82 Å². The summed E-state index contributed by atoms with van der Waals surface area (Å²) in [6.07, 6.45) is 1.56. The molecule has 2 aromatic carbocycles. The molecule has 3 N–H and O–H groups in total. The van der Waals surface area contributed by atoms with Crippen LogP contribution >= 0.6 is 11.8 Å². The molecule has 0 radical (unpaired) electrons. The van der Waals surface area contributed by atoms with Gasteiger partial charge in [0.1, 0.15) is 0 Å². The van der Waals surface area contributed by atoms with Crippen LogP contribution in [0.3, 0.4) is 0 Å². The molecule has 0 saturated heterocycles. The number of benzene rings is 2. The van der Waals surface area contributed by atoms with Gasteiger partial charge in [-0.2, -0.15) is 9.78 Å². The molecule has 11 nitrogen and oxygen atoms in total. The number of nitrogen functional groups attached to an aromatic ring is 1. The van der Waals surface area contributed by atoms with Gasteiger partial charge in [0.05, 0.1) is 11.9 Å². The molecule has 174 valence electrons. The zero-order chi connectivity index (χ0) is 24.1. The van der Waals surface area contributed by atoms with Crippen LogP contribution in [-0.2, 0) is 5.75 Å². The summed E-state index contributed by atoms with van der Waals surface area (Å²) < 4.78 is 6.04. The maximum absolute atomic E-state index is 12.9. The Morgan fingerprint density at radius 2 is 1.91 bits per heavy atom. The third-order valence-corrected chi connectivity index (χ3v) is 5.88. The van der Waals surface area contributed by atoms with Crippen LogP contribution in [0.15, 0.2) is 63.2 Å². The second kappa shape index (κ2) is 10.2. The van der Waals surface area contributed by atoms with E-state index >= 15 is 0 Å². The lowest BCUT2D eigenvalue weighted by Crippen LogP contribution is -2.20. The number of hydrazone groups is 1. The minimum atomic E-state index is -0.512. The lowest BCUT2D eigenvalue weighted by Gasteiger charge is -2.11. The van der Waals surface area contributed by atoms with Gasteiger partial charge in [0.2, 0.25) is 11.6 Å². The molecule has 0 aliphatic rings. The average Bonchev–Trinajstić information content (AvgIpc) is 3.44. The highest BCUT2D eigenvalue weighted by Gasteiger charge is 2.24. The van der Waals surface area contributed by atoms with Crippen molar-refractivity contribution in [1.82, 2.24) is 30.7 Å². The molecule has 4 rings (SSSR count). The molecule has 0 aliphatic carbocycles. The molecule has 0 atom stereocenters. The van der Waals surface area contributed by atoms with Crippen LogP contribution in [0.25, 0.3) is 5.82 Å². The number of nitrogens with one attached hydrogen (secondary N) is 1. The number of thioether (sulfide) groups is 1. The van der Waals surface area contributed by atoms with Crippen LogP contribution in [-0.4, -0.2) is 51.5 Å². The van der Waals surface area contributed by atoms with E-state index in [9.17, 15) is 4.79 Å². The third-order valence-electron chi connectivity index (χ3n) is 4.86. The van der Waals surface area contributed by atoms with Crippen molar-refractivity contribution in [3.63, 3.8) is 0 Å². The van der Waals surface area contributed by atoms with E-state index in [1.165, 1.54) is 16.4 Å². The standard InChI is InChI=1S/C22H23N9O2S/c1-14-4-10-17(11-5-14)34-13-18-19(25-29-31(18)21-20(23)27-33-28-21)22(32)26-24-12-15-6-8-16(9-7-15)30(2)3/h4-12H,13H2,1-3H3,(H2,23,27)(H,26,32)/b24-12-. The molecular formula is C22H23N9O2S. The van der Waals surface area contributed by atoms with E-state index in [4.69, 9.17) is 5.73 Å². The fourth-order valence-electron chi connectivity index (χ4n) is 2.98. The van der Waals surface area contributed by atoms with Crippen molar-refractivity contribution in [3.05, 3.63) is 71.0 Å². The Morgan fingerprint density at radius 1 is 1.18 bits per heavy atom. The molecule has 2 heterocycles. The molecule has 34 heavy (non-hydrogen) atoms. The van der Waals surface area contributed by atoms with Crippen molar-refractivity contribution in [2.24, 2.45) is 5.10 Å². The first-order chi connectivity index (χ1) is 16.4. The fraction of sp³-hybridized carbons (Fsp3) is 0.182. The number of carbonyl (C=O) groups is 1. The van der Waals surface area contributed by atoms with Gasteiger partial charge in [0, 0.05) is 30.4 Å². The van der Waals surface area contributed by atoms with E-state index < -0.39 is 5.91 Å². The Morgan fingerprint density at radius 3 is 2.56 bits per heavy atom. The molecule has 0 bridgehead atoms. The molecule has 0 fully saturated rings. The molecule has 0 saturated carbocycles. The van der Waals surface area contributed by atoms with Gasteiger partial charge in [-0.05, 0) is 47.1 Å². The fourth-order valence-corrected chi connectivity index (χ4v) is 3.87. The first kappa shape index (κ1) is 23.0. The highest BCUT2D eigenvalue weighted by atomic mass is 32.2. The summed E-state index contributed by atoms with van der Waals surface area (Å²) in [7, 11) is 3.93. The van der Waals surface area contributed by atoms with Crippen LogP contribution in [0.4, 0.5) is 11.5 Å². The lowest BCUT2D eigenvalue weighted by molar-refractivity contribution is 0.0949. The van der Waals surface area contributed by atoms with E-state index in [0.717, 1.165) is 21.7 Å². The second-order valence-electron chi connectivity index (χ2n) is 7.56. The number of hydrogen-bond donors (Lipinski definition) is 2. The number of amides is 1. The Labute approximate surface area is 200 Å². The summed E-state index contributed by atoms with van der Waals surface area (Å²) in [6, 6.07) is 15.8. The molecule has 0 aliphatic heterocycles. The van der Waals surface area contributed by atoms with Crippen LogP contribution in [0.5, 0.6) is 0 Å². The third kappa shape index (κ3) is 5.23. The minimum Gasteiger partial charge on any atom is -0.378 e. The molecular weight excluding hydrogens is 454 g/mol. The van der Waals surface area contributed by atoms with Crippen LogP contribution in [0.1, 0.15) is 27.3 Å². The Bertz CT molecular complexity index is 1290.